The molecule has 0 spiro atoms. The summed E-state index contributed by atoms with van der Waals surface area (Å²) >= 11 is 16.0. The van der Waals surface area contributed by atoms with Crippen molar-refractivity contribution in [2.45, 2.75) is 25.9 Å². The first-order chi connectivity index (χ1) is 13.2. The van der Waals surface area contributed by atoms with Gasteiger partial charge in [-0.2, -0.15) is 0 Å². The smallest absolute Gasteiger partial charge is 0.225 e. The standard InChI is InChI=1S/C22H16BrCl2NO2/c1-22(2)11-19(27)17-10-16(12-3-6-14(24)7-4-12)20(26-21(17)28-22)15-8-5-13(23)9-18(15)25/h3-10H,11H2,1-2H3. The lowest BCUT2D eigenvalue weighted by Crippen LogP contribution is -2.36. The van der Waals surface area contributed by atoms with E-state index in [1.807, 2.05) is 62.4 Å². The van der Waals surface area contributed by atoms with Gasteiger partial charge in [0.25, 0.3) is 0 Å². The molecule has 2 heterocycles. The third-order valence-corrected chi connectivity index (χ3v) is 5.65. The van der Waals surface area contributed by atoms with Crippen molar-refractivity contribution >= 4 is 44.9 Å². The molecule has 1 aliphatic rings. The maximum atomic E-state index is 12.7. The Morgan fingerprint density at radius 1 is 1.00 bits per heavy atom. The van der Waals surface area contributed by atoms with E-state index in [4.69, 9.17) is 32.9 Å². The van der Waals surface area contributed by atoms with Crippen LogP contribution in [0.4, 0.5) is 0 Å². The molecule has 0 atom stereocenters. The number of rotatable bonds is 2. The fourth-order valence-corrected chi connectivity index (χ4v) is 4.18. The van der Waals surface area contributed by atoms with E-state index in [0.29, 0.717) is 33.6 Å². The first-order valence-electron chi connectivity index (χ1n) is 8.72. The second-order valence-electron chi connectivity index (χ2n) is 7.33. The highest BCUT2D eigenvalue weighted by molar-refractivity contribution is 9.10. The Bertz CT molecular complexity index is 1090. The predicted molar refractivity (Wildman–Crippen MR) is 116 cm³/mol. The highest BCUT2D eigenvalue weighted by Crippen LogP contribution is 2.41. The van der Waals surface area contributed by atoms with Gasteiger partial charge in [-0.25, -0.2) is 4.98 Å². The lowest BCUT2D eigenvalue weighted by atomic mass is 9.91. The van der Waals surface area contributed by atoms with Crippen LogP contribution in [-0.2, 0) is 0 Å². The zero-order chi connectivity index (χ0) is 20.1. The largest absolute Gasteiger partial charge is 0.471 e. The summed E-state index contributed by atoms with van der Waals surface area (Å²) in [5, 5.41) is 1.19. The topological polar surface area (TPSA) is 39.2 Å². The van der Waals surface area contributed by atoms with Crippen LogP contribution in [0.25, 0.3) is 22.4 Å². The average Bonchev–Trinajstić information content (AvgIpc) is 2.61. The van der Waals surface area contributed by atoms with Gasteiger partial charge in [0, 0.05) is 20.6 Å². The Hall–Kier alpha value is -1.88. The monoisotopic (exact) mass is 475 g/mol. The Balaban J connectivity index is 1.99. The van der Waals surface area contributed by atoms with Gasteiger partial charge >= 0.3 is 0 Å². The van der Waals surface area contributed by atoms with Gasteiger partial charge in [0.2, 0.25) is 5.88 Å². The normalized spacial score (nSPS) is 15.1. The molecule has 2 aromatic carbocycles. The lowest BCUT2D eigenvalue weighted by Gasteiger charge is -2.31. The van der Waals surface area contributed by atoms with Crippen molar-refractivity contribution in [2.75, 3.05) is 0 Å². The molecule has 0 radical (unpaired) electrons. The van der Waals surface area contributed by atoms with Crippen molar-refractivity contribution < 1.29 is 9.53 Å². The van der Waals surface area contributed by atoms with Crippen LogP contribution in [0.1, 0.15) is 30.6 Å². The number of benzene rings is 2. The van der Waals surface area contributed by atoms with Gasteiger partial charge in [-0.1, -0.05) is 57.3 Å². The van der Waals surface area contributed by atoms with Crippen LogP contribution in [0.5, 0.6) is 5.88 Å². The van der Waals surface area contributed by atoms with Gasteiger partial charge < -0.3 is 4.74 Å². The molecule has 3 nitrogen and oxygen atoms in total. The molecule has 0 bridgehead atoms. The van der Waals surface area contributed by atoms with E-state index < -0.39 is 5.60 Å². The van der Waals surface area contributed by atoms with Gasteiger partial charge in [-0.15, -0.1) is 0 Å². The molecule has 0 saturated heterocycles. The maximum Gasteiger partial charge on any atom is 0.225 e. The average molecular weight is 477 g/mol. The summed E-state index contributed by atoms with van der Waals surface area (Å²) in [5.41, 5.74) is 3.00. The number of pyridine rings is 1. The molecule has 3 aromatic rings. The van der Waals surface area contributed by atoms with Crippen molar-refractivity contribution in [3.05, 3.63) is 68.6 Å². The molecule has 0 fully saturated rings. The number of hydrogen-bond acceptors (Lipinski definition) is 3. The minimum absolute atomic E-state index is 0.0161. The molecular weight excluding hydrogens is 461 g/mol. The van der Waals surface area contributed by atoms with E-state index in [2.05, 4.69) is 15.9 Å². The van der Waals surface area contributed by atoms with Crippen molar-refractivity contribution in [1.82, 2.24) is 4.98 Å². The molecule has 0 N–H and O–H groups in total. The molecule has 0 saturated carbocycles. The molecule has 1 aromatic heterocycles. The summed E-state index contributed by atoms with van der Waals surface area (Å²) in [6, 6.07) is 14.9. The third-order valence-electron chi connectivity index (χ3n) is 4.59. The van der Waals surface area contributed by atoms with Gasteiger partial charge in [0.05, 0.1) is 22.7 Å². The number of aromatic nitrogens is 1. The SMILES string of the molecule is CC1(C)CC(=O)c2cc(-c3ccc(Cl)cc3)c(-c3ccc(Br)cc3Cl)nc2O1. The minimum atomic E-state index is -0.598. The summed E-state index contributed by atoms with van der Waals surface area (Å²) in [6.07, 6.45) is 0.306. The van der Waals surface area contributed by atoms with Crippen LogP contribution < -0.4 is 4.74 Å². The lowest BCUT2D eigenvalue weighted by molar-refractivity contribution is 0.0592. The second-order valence-corrected chi connectivity index (χ2v) is 9.09. The molecule has 6 heteroatoms. The van der Waals surface area contributed by atoms with Crippen LogP contribution in [0.2, 0.25) is 10.0 Å². The van der Waals surface area contributed by atoms with Crippen LogP contribution >= 0.6 is 39.1 Å². The van der Waals surface area contributed by atoms with Gasteiger partial charge in [-0.3, -0.25) is 4.79 Å². The van der Waals surface area contributed by atoms with Gasteiger partial charge in [-0.05, 0) is 49.7 Å². The number of nitrogens with zero attached hydrogens (tertiary/aromatic N) is 1. The van der Waals surface area contributed by atoms with Gasteiger partial charge in [0.15, 0.2) is 5.78 Å². The molecule has 4 rings (SSSR count). The molecular formula is C22H16BrCl2NO2. The molecule has 28 heavy (non-hydrogen) atoms. The predicted octanol–water partition coefficient (Wildman–Crippen LogP) is 7.23. The van der Waals surface area contributed by atoms with Crippen LogP contribution in [0.3, 0.4) is 0 Å². The summed E-state index contributed by atoms with van der Waals surface area (Å²) < 4.78 is 6.89. The van der Waals surface area contributed by atoms with E-state index in [9.17, 15) is 4.79 Å². The quantitative estimate of drug-likeness (QED) is 0.391. The Morgan fingerprint density at radius 3 is 2.39 bits per heavy atom. The molecule has 1 aliphatic heterocycles. The van der Waals surface area contributed by atoms with Crippen LogP contribution in [0.15, 0.2) is 53.0 Å². The van der Waals surface area contributed by atoms with Gasteiger partial charge in [0.1, 0.15) is 5.60 Å². The van der Waals surface area contributed by atoms with E-state index >= 15 is 0 Å². The molecule has 0 aliphatic carbocycles. The highest BCUT2D eigenvalue weighted by atomic mass is 79.9. The summed E-state index contributed by atoms with van der Waals surface area (Å²) in [6.45, 7) is 3.77. The minimum Gasteiger partial charge on any atom is -0.471 e. The first kappa shape index (κ1) is 19.4. The zero-order valence-electron chi connectivity index (χ0n) is 15.2. The third kappa shape index (κ3) is 3.69. The summed E-state index contributed by atoms with van der Waals surface area (Å²) in [7, 11) is 0. The van der Waals surface area contributed by atoms with E-state index in [-0.39, 0.29) is 5.78 Å². The number of Topliss-reactive ketones (excluding diaryl/α,β-unsaturated/α-hetero) is 1. The maximum absolute atomic E-state index is 12.7. The van der Waals surface area contributed by atoms with Crippen LogP contribution in [0, 0.1) is 0 Å². The number of ether oxygens (including phenoxy) is 1. The zero-order valence-corrected chi connectivity index (χ0v) is 18.3. The number of halogens is 3. The Morgan fingerprint density at radius 2 is 1.71 bits per heavy atom. The number of ketones is 1. The molecule has 142 valence electrons. The van der Waals surface area contributed by atoms with Crippen molar-refractivity contribution in [3.63, 3.8) is 0 Å². The van der Waals surface area contributed by atoms with Crippen LogP contribution in [-0.4, -0.2) is 16.4 Å². The fraction of sp³-hybridized carbons (Fsp3) is 0.182. The Kier molecular flexibility index (Phi) is 4.98. The number of fused-ring (bicyclic) bond motifs is 1. The first-order valence-corrected chi connectivity index (χ1v) is 10.3. The van der Waals surface area contributed by atoms with Crippen molar-refractivity contribution in [2.24, 2.45) is 0 Å². The second kappa shape index (κ2) is 7.18. The van der Waals surface area contributed by atoms with Crippen molar-refractivity contribution in [3.8, 4) is 28.3 Å². The van der Waals surface area contributed by atoms with E-state index in [0.717, 1.165) is 21.2 Å². The van der Waals surface area contributed by atoms with E-state index in [1.54, 1.807) is 0 Å². The van der Waals surface area contributed by atoms with E-state index in [1.165, 1.54) is 0 Å². The molecule has 0 amide bonds. The summed E-state index contributed by atoms with van der Waals surface area (Å²) in [5.74, 6) is 0.357. The molecule has 0 unspecified atom stereocenters. The fourth-order valence-electron chi connectivity index (χ4n) is 3.29. The summed E-state index contributed by atoms with van der Waals surface area (Å²) in [4.78, 5) is 17.5. The number of carbonyl (C=O) groups excluding carboxylic acids is 1. The highest BCUT2D eigenvalue weighted by Gasteiger charge is 2.34. The Labute approximate surface area is 181 Å². The number of carbonyl (C=O) groups is 1. The number of hydrogen-bond donors (Lipinski definition) is 0. The van der Waals surface area contributed by atoms with Crippen molar-refractivity contribution in [1.29, 1.82) is 0 Å².